The van der Waals surface area contributed by atoms with Crippen LogP contribution in [0.3, 0.4) is 0 Å². The van der Waals surface area contributed by atoms with E-state index in [1.54, 1.807) is 33.1 Å². The number of carbonyl (C=O) groups is 1. The number of benzene rings is 3. The summed E-state index contributed by atoms with van der Waals surface area (Å²) < 4.78 is 23.6. The molecule has 0 unspecified atom stereocenters. The Balaban J connectivity index is 1.55. The lowest BCUT2D eigenvalue weighted by atomic mass is 9.98. The number of hydrogen-bond acceptors (Lipinski definition) is 6. The molecule has 2 heterocycles. The average Bonchev–Trinajstić information content (AvgIpc) is 3.41. The lowest BCUT2D eigenvalue weighted by molar-refractivity contribution is 0.0728. The second-order valence-corrected chi connectivity index (χ2v) is 8.69. The molecule has 0 spiro atoms. The van der Waals surface area contributed by atoms with Crippen molar-refractivity contribution in [3.8, 4) is 39.8 Å². The Bertz CT molecular complexity index is 1430. The fraction of sp³-hybridized carbons (Fsp3) is 0.241. The van der Waals surface area contributed by atoms with Gasteiger partial charge in [-0.3, -0.25) is 4.79 Å². The fourth-order valence-corrected chi connectivity index (χ4v) is 4.67. The van der Waals surface area contributed by atoms with E-state index >= 15 is 0 Å². The summed E-state index contributed by atoms with van der Waals surface area (Å²) in [6.45, 7) is 1.03. The Labute approximate surface area is 215 Å². The van der Waals surface area contributed by atoms with Crippen LogP contribution in [0.25, 0.3) is 16.8 Å². The Hall–Kier alpha value is -4.46. The zero-order valence-corrected chi connectivity index (χ0v) is 21.4. The number of hydrogen-bond donors (Lipinski definition) is 0. The van der Waals surface area contributed by atoms with Crippen molar-refractivity contribution in [3.63, 3.8) is 0 Å². The summed E-state index contributed by atoms with van der Waals surface area (Å²) >= 11 is 0. The Morgan fingerprint density at radius 2 is 1.43 bits per heavy atom. The predicted octanol–water partition coefficient (Wildman–Crippen LogP) is 4.77. The molecule has 8 heteroatoms. The van der Waals surface area contributed by atoms with Crippen LogP contribution in [0.2, 0.25) is 0 Å². The van der Waals surface area contributed by atoms with E-state index in [2.05, 4.69) is 0 Å². The van der Waals surface area contributed by atoms with Gasteiger partial charge in [-0.2, -0.15) is 5.10 Å². The van der Waals surface area contributed by atoms with Crippen molar-refractivity contribution in [2.45, 2.75) is 13.0 Å². The third-order valence-corrected chi connectivity index (χ3v) is 6.64. The first-order chi connectivity index (χ1) is 18.1. The standard InChI is InChI=1S/C29H29N3O5/c1-34-24-11-10-20(15-25(24)35-2)23-18-32(22-8-6-5-7-9-22)30-28(23)29(33)31-13-12-19-14-26(36-3)27(37-4)16-21(19)17-31/h5-11,14-16,18H,12-13,17H2,1-4H3. The molecule has 0 radical (unpaired) electrons. The first-order valence-electron chi connectivity index (χ1n) is 12.0. The van der Waals surface area contributed by atoms with Gasteiger partial charge in [-0.1, -0.05) is 24.3 Å². The quantitative estimate of drug-likeness (QED) is 0.365. The van der Waals surface area contributed by atoms with Crippen LogP contribution in [0.4, 0.5) is 0 Å². The van der Waals surface area contributed by atoms with Gasteiger partial charge in [-0.25, -0.2) is 4.68 Å². The summed E-state index contributed by atoms with van der Waals surface area (Å²) in [6.07, 6.45) is 2.60. The van der Waals surface area contributed by atoms with E-state index < -0.39 is 0 Å². The molecule has 0 bridgehead atoms. The van der Waals surface area contributed by atoms with E-state index in [0.29, 0.717) is 53.8 Å². The van der Waals surface area contributed by atoms with Crippen molar-refractivity contribution in [2.75, 3.05) is 35.0 Å². The van der Waals surface area contributed by atoms with E-state index in [-0.39, 0.29) is 5.91 Å². The molecule has 1 amide bonds. The highest BCUT2D eigenvalue weighted by Crippen LogP contribution is 2.36. The Morgan fingerprint density at radius 3 is 2.11 bits per heavy atom. The van der Waals surface area contributed by atoms with Crippen LogP contribution in [-0.4, -0.2) is 55.6 Å². The van der Waals surface area contributed by atoms with Crippen molar-refractivity contribution >= 4 is 5.91 Å². The summed E-state index contributed by atoms with van der Waals surface area (Å²) in [5.74, 6) is 2.40. The molecule has 0 fully saturated rings. The van der Waals surface area contributed by atoms with E-state index in [9.17, 15) is 4.79 Å². The van der Waals surface area contributed by atoms with Gasteiger partial charge in [0.2, 0.25) is 0 Å². The van der Waals surface area contributed by atoms with E-state index in [0.717, 1.165) is 22.4 Å². The van der Waals surface area contributed by atoms with Crippen molar-refractivity contribution in [1.82, 2.24) is 14.7 Å². The van der Waals surface area contributed by atoms with Gasteiger partial charge >= 0.3 is 0 Å². The van der Waals surface area contributed by atoms with Gasteiger partial charge in [-0.15, -0.1) is 0 Å². The van der Waals surface area contributed by atoms with Gasteiger partial charge in [0.15, 0.2) is 28.7 Å². The van der Waals surface area contributed by atoms with E-state index in [4.69, 9.17) is 24.0 Å². The predicted molar refractivity (Wildman–Crippen MR) is 140 cm³/mol. The zero-order valence-electron chi connectivity index (χ0n) is 21.4. The minimum atomic E-state index is -0.139. The van der Waals surface area contributed by atoms with Crippen LogP contribution in [-0.2, 0) is 13.0 Å². The normalized spacial score (nSPS) is 12.6. The molecular weight excluding hydrogens is 470 g/mol. The topological polar surface area (TPSA) is 75.1 Å². The number of aromatic nitrogens is 2. The Kier molecular flexibility index (Phi) is 6.72. The summed E-state index contributed by atoms with van der Waals surface area (Å²) in [4.78, 5) is 15.8. The Morgan fingerprint density at radius 1 is 0.784 bits per heavy atom. The van der Waals surface area contributed by atoms with Crippen molar-refractivity contribution < 1.29 is 23.7 Å². The highest BCUT2D eigenvalue weighted by molar-refractivity contribution is 5.99. The number of rotatable bonds is 7. The molecule has 0 atom stereocenters. The van der Waals surface area contributed by atoms with Gasteiger partial charge in [0, 0.05) is 24.8 Å². The maximum atomic E-state index is 13.9. The summed E-state index contributed by atoms with van der Waals surface area (Å²) in [5, 5.41) is 4.76. The lowest BCUT2D eigenvalue weighted by Gasteiger charge is -2.29. The van der Waals surface area contributed by atoms with E-state index in [1.165, 1.54) is 0 Å². The maximum absolute atomic E-state index is 13.9. The largest absolute Gasteiger partial charge is 0.493 e. The number of carbonyl (C=O) groups excluding carboxylic acids is 1. The van der Waals surface area contributed by atoms with Gasteiger partial charge in [-0.05, 0) is 59.5 Å². The molecule has 0 saturated carbocycles. The van der Waals surface area contributed by atoms with Crippen molar-refractivity contribution in [3.05, 3.63) is 83.7 Å². The molecule has 0 N–H and O–H groups in total. The molecule has 37 heavy (non-hydrogen) atoms. The molecule has 4 aromatic rings. The van der Waals surface area contributed by atoms with Crippen LogP contribution in [0.1, 0.15) is 21.6 Å². The number of ether oxygens (including phenoxy) is 4. The third kappa shape index (κ3) is 4.58. The minimum Gasteiger partial charge on any atom is -0.493 e. The molecular formula is C29H29N3O5. The zero-order chi connectivity index (χ0) is 25.9. The average molecular weight is 500 g/mol. The smallest absolute Gasteiger partial charge is 0.275 e. The minimum absolute atomic E-state index is 0.139. The SMILES string of the molecule is COc1ccc(-c2cn(-c3ccccc3)nc2C(=O)N2CCc3cc(OC)c(OC)cc3C2)cc1OC. The number of amides is 1. The summed E-state index contributed by atoms with van der Waals surface area (Å²) in [6, 6.07) is 19.3. The maximum Gasteiger partial charge on any atom is 0.275 e. The molecule has 190 valence electrons. The third-order valence-electron chi connectivity index (χ3n) is 6.64. The highest BCUT2D eigenvalue weighted by atomic mass is 16.5. The molecule has 3 aromatic carbocycles. The van der Waals surface area contributed by atoms with Gasteiger partial charge in [0.05, 0.1) is 34.1 Å². The molecule has 8 nitrogen and oxygen atoms in total. The highest BCUT2D eigenvalue weighted by Gasteiger charge is 2.28. The van der Waals surface area contributed by atoms with Crippen LogP contribution in [0, 0.1) is 0 Å². The molecule has 1 aliphatic heterocycles. The second kappa shape index (κ2) is 10.3. The van der Waals surface area contributed by atoms with Gasteiger partial charge in [0.25, 0.3) is 5.91 Å². The number of nitrogens with zero attached hydrogens (tertiary/aromatic N) is 3. The van der Waals surface area contributed by atoms with Gasteiger partial charge < -0.3 is 23.8 Å². The molecule has 1 aliphatic rings. The summed E-state index contributed by atoms with van der Waals surface area (Å²) in [7, 11) is 6.43. The molecule has 1 aromatic heterocycles. The number of methoxy groups -OCH3 is 4. The van der Waals surface area contributed by atoms with Crippen LogP contribution >= 0.6 is 0 Å². The van der Waals surface area contributed by atoms with Crippen molar-refractivity contribution in [2.24, 2.45) is 0 Å². The fourth-order valence-electron chi connectivity index (χ4n) is 4.67. The van der Waals surface area contributed by atoms with Crippen LogP contribution in [0.5, 0.6) is 23.0 Å². The van der Waals surface area contributed by atoms with Crippen molar-refractivity contribution in [1.29, 1.82) is 0 Å². The second-order valence-electron chi connectivity index (χ2n) is 8.69. The number of fused-ring (bicyclic) bond motifs is 1. The molecule has 0 aliphatic carbocycles. The monoisotopic (exact) mass is 499 g/mol. The van der Waals surface area contributed by atoms with Crippen LogP contribution in [0.15, 0.2) is 66.9 Å². The first-order valence-corrected chi connectivity index (χ1v) is 12.0. The first kappa shape index (κ1) is 24.2. The molecule has 0 saturated heterocycles. The number of para-hydroxylation sites is 1. The van der Waals surface area contributed by atoms with Gasteiger partial charge in [0.1, 0.15) is 0 Å². The van der Waals surface area contributed by atoms with Crippen LogP contribution < -0.4 is 18.9 Å². The summed E-state index contributed by atoms with van der Waals surface area (Å²) in [5.41, 5.74) is 4.95. The van der Waals surface area contributed by atoms with E-state index in [1.807, 2.05) is 71.8 Å². The molecule has 5 rings (SSSR count). The lowest BCUT2D eigenvalue weighted by Crippen LogP contribution is -2.36.